The maximum Gasteiger partial charge on any atom is 0.0250 e. The first-order valence-electron chi connectivity index (χ1n) is 5.32. The molecule has 3 N–H and O–H groups in total. The lowest BCUT2D eigenvalue weighted by atomic mass is 10.1. The predicted octanol–water partition coefficient (Wildman–Crippen LogP) is 2.06. The van der Waals surface area contributed by atoms with Crippen molar-refractivity contribution in [2.45, 2.75) is 52.1 Å². The van der Waals surface area contributed by atoms with Gasteiger partial charge in [-0.15, -0.1) is 0 Å². The molecule has 0 aromatic rings. The van der Waals surface area contributed by atoms with Crippen LogP contribution in [0.5, 0.6) is 0 Å². The maximum atomic E-state index is 5.68. The number of rotatable bonds is 7. The van der Waals surface area contributed by atoms with E-state index in [2.05, 4.69) is 31.3 Å². The van der Waals surface area contributed by atoms with Crippen LogP contribution in [0.15, 0.2) is 12.2 Å². The highest BCUT2D eigenvalue weighted by molar-refractivity contribution is 4.91. The zero-order valence-corrected chi connectivity index (χ0v) is 9.22. The molecule has 13 heavy (non-hydrogen) atoms. The average molecular weight is 184 g/mol. The predicted molar refractivity (Wildman–Crippen MR) is 59.8 cm³/mol. The first-order valence-corrected chi connectivity index (χ1v) is 5.32. The van der Waals surface area contributed by atoms with Gasteiger partial charge in [-0.1, -0.05) is 31.9 Å². The lowest BCUT2D eigenvalue weighted by Gasteiger charge is -2.16. The fourth-order valence-electron chi connectivity index (χ4n) is 1.26. The van der Waals surface area contributed by atoms with Gasteiger partial charge in [-0.3, -0.25) is 0 Å². The van der Waals surface area contributed by atoms with Gasteiger partial charge in [0.2, 0.25) is 0 Å². The minimum Gasteiger partial charge on any atom is -0.327 e. The molecule has 0 radical (unpaired) electrons. The van der Waals surface area contributed by atoms with Gasteiger partial charge in [0.1, 0.15) is 0 Å². The van der Waals surface area contributed by atoms with Crippen LogP contribution in [0, 0.1) is 0 Å². The van der Waals surface area contributed by atoms with Crippen LogP contribution in [0.3, 0.4) is 0 Å². The molecule has 78 valence electrons. The summed E-state index contributed by atoms with van der Waals surface area (Å²) >= 11 is 0. The van der Waals surface area contributed by atoms with E-state index in [1.807, 2.05) is 6.92 Å². The third kappa shape index (κ3) is 8.00. The summed E-state index contributed by atoms with van der Waals surface area (Å²) in [7, 11) is 0. The van der Waals surface area contributed by atoms with Crippen molar-refractivity contribution in [1.29, 1.82) is 0 Å². The highest BCUT2D eigenvalue weighted by Crippen LogP contribution is 2.01. The topological polar surface area (TPSA) is 38.0 Å². The first-order chi connectivity index (χ1) is 6.20. The molecule has 0 rings (SSSR count). The van der Waals surface area contributed by atoms with Gasteiger partial charge in [0.25, 0.3) is 0 Å². The molecule has 2 unspecified atom stereocenters. The van der Waals surface area contributed by atoms with E-state index in [0.29, 0.717) is 6.04 Å². The highest BCUT2D eigenvalue weighted by atomic mass is 14.9. The van der Waals surface area contributed by atoms with Crippen LogP contribution < -0.4 is 11.1 Å². The van der Waals surface area contributed by atoms with E-state index in [0.717, 1.165) is 6.54 Å². The molecule has 0 amide bonds. The summed E-state index contributed by atoms with van der Waals surface area (Å²) in [5, 5.41) is 3.44. The summed E-state index contributed by atoms with van der Waals surface area (Å²) < 4.78 is 0. The van der Waals surface area contributed by atoms with Crippen molar-refractivity contribution in [3.63, 3.8) is 0 Å². The summed E-state index contributed by atoms with van der Waals surface area (Å²) in [6, 6.07) is 0.755. The smallest absolute Gasteiger partial charge is 0.0250 e. The summed E-state index contributed by atoms with van der Waals surface area (Å²) in [6.07, 6.45) is 8.08. The van der Waals surface area contributed by atoms with Gasteiger partial charge in [0.05, 0.1) is 0 Å². The van der Waals surface area contributed by atoms with Crippen LogP contribution in [0.2, 0.25) is 0 Å². The molecule has 0 saturated heterocycles. The standard InChI is InChI=1S/C11H24N2/c1-4-6-8-11(7-5-2)13-9-10(3)12/h5,7,10-11,13H,4,6,8-9,12H2,1-3H3. The molecule has 2 heteroatoms. The molecule has 0 heterocycles. The SMILES string of the molecule is CC=CC(CCCC)NCC(C)N. The number of hydrogen-bond acceptors (Lipinski definition) is 2. The fourth-order valence-corrected chi connectivity index (χ4v) is 1.26. The van der Waals surface area contributed by atoms with Crippen molar-refractivity contribution in [2.75, 3.05) is 6.54 Å². The van der Waals surface area contributed by atoms with Crippen molar-refractivity contribution in [2.24, 2.45) is 5.73 Å². The molecular weight excluding hydrogens is 160 g/mol. The molecular formula is C11H24N2. The van der Waals surface area contributed by atoms with E-state index in [9.17, 15) is 0 Å². The number of nitrogens with two attached hydrogens (primary N) is 1. The molecule has 0 aromatic carbocycles. The molecule has 2 nitrogen and oxygen atoms in total. The van der Waals surface area contributed by atoms with E-state index in [1.54, 1.807) is 0 Å². The second-order valence-electron chi connectivity index (χ2n) is 3.66. The zero-order chi connectivity index (χ0) is 10.1. The summed E-state index contributed by atoms with van der Waals surface area (Å²) in [4.78, 5) is 0. The summed E-state index contributed by atoms with van der Waals surface area (Å²) in [6.45, 7) is 7.21. The van der Waals surface area contributed by atoms with Gasteiger partial charge in [0, 0.05) is 18.6 Å². The Morgan fingerprint density at radius 1 is 1.46 bits per heavy atom. The van der Waals surface area contributed by atoms with Crippen LogP contribution in [0.25, 0.3) is 0 Å². The van der Waals surface area contributed by atoms with Crippen molar-refractivity contribution in [3.05, 3.63) is 12.2 Å². The third-order valence-corrected chi connectivity index (χ3v) is 2.00. The van der Waals surface area contributed by atoms with Crippen LogP contribution in [-0.2, 0) is 0 Å². The maximum absolute atomic E-state index is 5.68. The minimum absolute atomic E-state index is 0.245. The van der Waals surface area contributed by atoms with Crippen molar-refractivity contribution in [1.82, 2.24) is 5.32 Å². The molecule has 0 spiro atoms. The van der Waals surface area contributed by atoms with E-state index in [-0.39, 0.29) is 6.04 Å². The highest BCUT2D eigenvalue weighted by Gasteiger charge is 2.03. The van der Waals surface area contributed by atoms with Crippen LogP contribution in [0.4, 0.5) is 0 Å². The van der Waals surface area contributed by atoms with Crippen LogP contribution in [-0.4, -0.2) is 18.6 Å². The van der Waals surface area contributed by atoms with Crippen molar-refractivity contribution >= 4 is 0 Å². The lowest BCUT2D eigenvalue weighted by molar-refractivity contribution is 0.508. The van der Waals surface area contributed by atoms with E-state index >= 15 is 0 Å². The second-order valence-corrected chi connectivity index (χ2v) is 3.66. The Morgan fingerprint density at radius 2 is 2.15 bits per heavy atom. The third-order valence-electron chi connectivity index (χ3n) is 2.00. The van der Waals surface area contributed by atoms with Gasteiger partial charge in [0.15, 0.2) is 0 Å². The molecule has 0 saturated carbocycles. The quantitative estimate of drug-likeness (QED) is 0.594. The molecule has 0 fully saturated rings. The zero-order valence-electron chi connectivity index (χ0n) is 9.22. The molecule has 0 aliphatic heterocycles. The number of allylic oxidation sites excluding steroid dienone is 1. The van der Waals surface area contributed by atoms with Gasteiger partial charge in [-0.2, -0.15) is 0 Å². The Balaban J connectivity index is 3.66. The van der Waals surface area contributed by atoms with Crippen molar-refractivity contribution in [3.8, 4) is 0 Å². The Hall–Kier alpha value is -0.340. The number of nitrogens with one attached hydrogen (secondary N) is 1. The molecule has 0 bridgehead atoms. The number of hydrogen-bond donors (Lipinski definition) is 2. The minimum atomic E-state index is 0.245. The lowest BCUT2D eigenvalue weighted by Crippen LogP contribution is -2.37. The van der Waals surface area contributed by atoms with Gasteiger partial charge >= 0.3 is 0 Å². The fraction of sp³-hybridized carbons (Fsp3) is 0.818. The Morgan fingerprint density at radius 3 is 2.62 bits per heavy atom. The van der Waals surface area contributed by atoms with Crippen LogP contribution in [0.1, 0.15) is 40.0 Å². The molecule has 0 aromatic heterocycles. The van der Waals surface area contributed by atoms with E-state index in [1.165, 1.54) is 19.3 Å². The Bertz CT molecular complexity index is 130. The van der Waals surface area contributed by atoms with Gasteiger partial charge in [-0.05, 0) is 20.3 Å². The summed E-state index contributed by atoms with van der Waals surface area (Å²) in [5.74, 6) is 0. The second kappa shape index (κ2) is 8.27. The number of unbranched alkanes of at least 4 members (excludes halogenated alkanes) is 1. The summed E-state index contributed by atoms with van der Waals surface area (Å²) in [5.41, 5.74) is 5.68. The van der Waals surface area contributed by atoms with Crippen LogP contribution >= 0.6 is 0 Å². The first kappa shape index (κ1) is 12.7. The van der Waals surface area contributed by atoms with E-state index < -0.39 is 0 Å². The van der Waals surface area contributed by atoms with Gasteiger partial charge in [-0.25, -0.2) is 0 Å². The Labute approximate surface area is 82.6 Å². The van der Waals surface area contributed by atoms with Crippen molar-refractivity contribution < 1.29 is 0 Å². The average Bonchev–Trinajstić information content (AvgIpc) is 2.09. The molecule has 0 aliphatic carbocycles. The normalized spacial score (nSPS) is 16.3. The largest absolute Gasteiger partial charge is 0.327 e. The van der Waals surface area contributed by atoms with Gasteiger partial charge < -0.3 is 11.1 Å². The molecule has 0 aliphatic rings. The Kier molecular flexibility index (Phi) is 8.05. The monoisotopic (exact) mass is 184 g/mol. The van der Waals surface area contributed by atoms with E-state index in [4.69, 9.17) is 5.73 Å². The molecule has 2 atom stereocenters.